The molecule has 2 heteroatoms. The highest BCUT2D eigenvalue weighted by Crippen LogP contribution is 2.16. The lowest BCUT2D eigenvalue weighted by atomic mass is 10.0. The van der Waals surface area contributed by atoms with Crippen molar-refractivity contribution in [1.29, 1.82) is 5.26 Å². The van der Waals surface area contributed by atoms with Gasteiger partial charge in [-0.25, -0.2) is 0 Å². The molecule has 0 aliphatic heterocycles. The van der Waals surface area contributed by atoms with Crippen molar-refractivity contribution in [3.8, 4) is 6.07 Å². The molecule has 0 aromatic heterocycles. The van der Waals surface area contributed by atoms with Crippen molar-refractivity contribution in [2.45, 2.75) is 25.9 Å². The van der Waals surface area contributed by atoms with E-state index in [9.17, 15) is 0 Å². The molecule has 0 fully saturated rings. The molecule has 2 rings (SSSR count). The van der Waals surface area contributed by atoms with E-state index in [0.29, 0.717) is 6.42 Å². The summed E-state index contributed by atoms with van der Waals surface area (Å²) in [6.45, 7) is 2.86. The summed E-state index contributed by atoms with van der Waals surface area (Å²) in [5, 5.41) is 12.4. The Labute approximate surface area is 114 Å². The summed E-state index contributed by atoms with van der Waals surface area (Å²) < 4.78 is 0. The molecule has 0 aliphatic carbocycles. The van der Waals surface area contributed by atoms with E-state index in [1.54, 1.807) is 0 Å². The first-order valence-electron chi connectivity index (χ1n) is 6.50. The Bertz CT molecular complexity index is 538. The normalized spacial score (nSPS) is 11.8. The van der Waals surface area contributed by atoms with E-state index in [4.69, 9.17) is 5.26 Å². The number of nitrogens with zero attached hydrogens (tertiary/aromatic N) is 1. The van der Waals surface area contributed by atoms with Crippen LogP contribution < -0.4 is 5.32 Å². The van der Waals surface area contributed by atoms with Crippen molar-refractivity contribution in [2.75, 3.05) is 0 Å². The van der Waals surface area contributed by atoms with Crippen LogP contribution in [0.1, 0.15) is 29.2 Å². The lowest BCUT2D eigenvalue weighted by Crippen LogP contribution is -2.20. The molecule has 0 bridgehead atoms. The molecular formula is C17H18N2. The highest BCUT2D eigenvalue weighted by molar-refractivity contribution is 5.23. The summed E-state index contributed by atoms with van der Waals surface area (Å²) in [7, 11) is 0. The molecule has 0 aliphatic rings. The number of hydrogen-bond donors (Lipinski definition) is 1. The fourth-order valence-electron chi connectivity index (χ4n) is 2.03. The minimum Gasteiger partial charge on any atom is -0.305 e. The lowest BCUT2D eigenvalue weighted by Gasteiger charge is -2.16. The zero-order valence-corrected chi connectivity index (χ0v) is 11.1. The van der Waals surface area contributed by atoms with Gasteiger partial charge in [0.2, 0.25) is 0 Å². The van der Waals surface area contributed by atoms with Crippen LogP contribution in [0.5, 0.6) is 0 Å². The second-order valence-corrected chi connectivity index (χ2v) is 4.69. The molecule has 0 heterocycles. The van der Waals surface area contributed by atoms with Crippen LogP contribution >= 0.6 is 0 Å². The maximum atomic E-state index is 8.94. The Balaban J connectivity index is 2.02. The van der Waals surface area contributed by atoms with Gasteiger partial charge >= 0.3 is 0 Å². The van der Waals surface area contributed by atoms with Gasteiger partial charge in [0.05, 0.1) is 12.5 Å². The number of aryl methyl sites for hydroxylation is 1. The summed E-state index contributed by atoms with van der Waals surface area (Å²) in [4.78, 5) is 0. The molecule has 2 nitrogen and oxygen atoms in total. The largest absolute Gasteiger partial charge is 0.305 e. The second kappa shape index (κ2) is 6.72. The number of benzene rings is 2. The van der Waals surface area contributed by atoms with Gasteiger partial charge in [-0.1, -0.05) is 60.2 Å². The number of nitrogens with one attached hydrogen (secondary N) is 1. The van der Waals surface area contributed by atoms with Crippen LogP contribution in [-0.2, 0) is 6.54 Å². The lowest BCUT2D eigenvalue weighted by molar-refractivity contribution is 0.542. The van der Waals surface area contributed by atoms with Gasteiger partial charge in [0.15, 0.2) is 0 Å². The monoisotopic (exact) mass is 250 g/mol. The summed E-state index contributed by atoms with van der Waals surface area (Å²) in [5.41, 5.74) is 3.67. The number of nitriles is 1. The van der Waals surface area contributed by atoms with Gasteiger partial charge in [0.25, 0.3) is 0 Å². The third-order valence-corrected chi connectivity index (χ3v) is 3.17. The molecular weight excluding hydrogens is 232 g/mol. The van der Waals surface area contributed by atoms with Gasteiger partial charge in [0, 0.05) is 12.6 Å². The van der Waals surface area contributed by atoms with E-state index in [-0.39, 0.29) is 6.04 Å². The van der Waals surface area contributed by atoms with Crippen LogP contribution in [0.4, 0.5) is 0 Å². The van der Waals surface area contributed by atoms with E-state index in [1.165, 1.54) is 11.1 Å². The fourth-order valence-corrected chi connectivity index (χ4v) is 2.03. The molecule has 1 atom stereocenters. The third kappa shape index (κ3) is 3.94. The highest BCUT2D eigenvalue weighted by Gasteiger charge is 2.09. The molecule has 0 saturated carbocycles. The van der Waals surface area contributed by atoms with Gasteiger partial charge in [-0.05, 0) is 18.1 Å². The maximum Gasteiger partial charge on any atom is 0.0641 e. The minimum atomic E-state index is 0.0903. The van der Waals surface area contributed by atoms with Crippen molar-refractivity contribution >= 4 is 0 Å². The average Bonchev–Trinajstić information content (AvgIpc) is 2.46. The van der Waals surface area contributed by atoms with Crippen LogP contribution in [0, 0.1) is 18.3 Å². The molecule has 0 saturated heterocycles. The summed E-state index contributed by atoms with van der Waals surface area (Å²) in [6, 6.07) is 20.9. The topological polar surface area (TPSA) is 35.8 Å². The van der Waals surface area contributed by atoms with Crippen molar-refractivity contribution in [3.63, 3.8) is 0 Å². The SMILES string of the molecule is Cc1ccc(CNC(CC#N)c2ccccc2)cc1. The Morgan fingerprint density at radius 1 is 1.05 bits per heavy atom. The zero-order valence-electron chi connectivity index (χ0n) is 11.1. The van der Waals surface area contributed by atoms with Gasteiger partial charge in [-0.2, -0.15) is 5.26 Å². The molecule has 0 spiro atoms. The molecule has 96 valence electrons. The highest BCUT2D eigenvalue weighted by atomic mass is 14.9. The Hall–Kier alpha value is -2.11. The van der Waals surface area contributed by atoms with Gasteiger partial charge in [0.1, 0.15) is 0 Å². The van der Waals surface area contributed by atoms with Crippen molar-refractivity contribution in [3.05, 3.63) is 71.3 Å². The Kier molecular flexibility index (Phi) is 4.72. The molecule has 2 aromatic rings. The molecule has 19 heavy (non-hydrogen) atoms. The van der Waals surface area contributed by atoms with Gasteiger partial charge in [-0.3, -0.25) is 0 Å². The van der Waals surface area contributed by atoms with Crippen LogP contribution in [0.3, 0.4) is 0 Å². The van der Waals surface area contributed by atoms with Crippen LogP contribution in [0.25, 0.3) is 0 Å². The predicted molar refractivity (Wildman–Crippen MR) is 77.4 cm³/mol. The first kappa shape index (κ1) is 13.3. The van der Waals surface area contributed by atoms with Crippen LogP contribution in [-0.4, -0.2) is 0 Å². The van der Waals surface area contributed by atoms with Crippen molar-refractivity contribution in [1.82, 2.24) is 5.32 Å². The van der Waals surface area contributed by atoms with E-state index in [0.717, 1.165) is 12.1 Å². The van der Waals surface area contributed by atoms with E-state index < -0.39 is 0 Å². The Morgan fingerprint density at radius 2 is 1.74 bits per heavy atom. The average molecular weight is 250 g/mol. The Morgan fingerprint density at radius 3 is 2.37 bits per heavy atom. The van der Waals surface area contributed by atoms with Crippen molar-refractivity contribution in [2.24, 2.45) is 0 Å². The summed E-state index contributed by atoms with van der Waals surface area (Å²) in [6.07, 6.45) is 0.482. The van der Waals surface area contributed by atoms with Gasteiger partial charge in [-0.15, -0.1) is 0 Å². The second-order valence-electron chi connectivity index (χ2n) is 4.69. The fraction of sp³-hybridized carbons (Fsp3) is 0.235. The number of hydrogen-bond acceptors (Lipinski definition) is 2. The van der Waals surface area contributed by atoms with E-state index in [2.05, 4.69) is 54.7 Å². The maximum absolute atomic E-state index is 8.94. The zero-order chi connectivity index (χ0) is 13.5. The molecule has 0 amide bonds. The minimum absolute atomic E-state index is 0.0903. The van der Waals surface area contributed by atoms with Crippen molar-refractivity contribution < 1.29 is 0 Å². The van der Waals surface area contributed by atoms with Crippen LogP contribution in [0.2, 0.25) is 0 Å². The van der Waals surface area contributed by atoms with Gasteiger partial charge < -0.3 is 5.32 Å². The number of rotatable bonds is 5. The summed E-state index contributed by atoms with van der Waals surface area (Å²) in [5.74, 6) is 0. The molecule has 1 N–H and O–H groups in total. The van der Waals surface area contributed by atoms with Crippen LogP contribution in [0.15, 0.2) is 54.6 Å². The first-order chi connectivity index (χ1) is 9.29. The first-order valence-corrected chi connectivity index (χ1v) is 6.50. The predicted octanol–water partition coefficient (Wildman–Crippen LogP) is 3.74. The smallest absolute Gasteiger partial charge is 0.0641 e. The molecule has 2 aromatic carbocycles. The molecule has 1 unspecified atom stereocenters. The quantitative estimate of drug-likeness (QED) is 0.877. The third-order valence-electron chi connectivity index (χ3n) is 3.17. The molecule has 0 radical (unpaired) electrons. The van der Waals surface area contributed by atoms with E-state index in [1.807, 2.05) is 18.2 Å². The van der Waals surface area contributed by atoms with E-state index >= 15 is 0 Å². The summed E-state index contributed by atoms with van der Waals surface area (Å²) >= 11 is 0. The standard InChI is InChI=1S/C17H18N2/c1-14-7-9-15(10-8-14)13-19-17(11-12-18)16-5-3-2-4-6-16/h2-10,17,19H,11,13H2,1H3.